The number of piperazine rings is 1. The van der Waals surface area contributed by atoms with Crippen LogP contribution in [0.5, 0.6) is 5.75 Å². The van der Waals surface area contributed by atoms with Crippen molar-refractivity contribution < 1.29 is 29.2 Å². The molecule has 168 valence electrons. The standard InChI is InChI=1S/C22H23N3O7/c1-15-14-18(6-7-19(15)25(30)31)32-13-8-20(26)23-9-11-24(12-10-23)21(27)16-2-4-17(5-3-16)22(28)29/h2-7,14H,8-13H2,1H3,(H,28,29). The van der Waals surface area contributed by atoms with Gasteiger partial charge in [0.05, 0.1) is 23.5 Å². The van der Waals surface area contributed by atoms with Gasteiger partial charge in [-0.2, -0.15) is 0 Å². The Hall–Kier alpha value is -3.95. The molecule has 32 heavy (non-hydrogen) atoms. The predicted octanol–water partition coefficient (Wildman–Crippen LogP) is 2.35. The van der Waals surface area contributed by atoms with Crippen molar-refractivity contribution in [3.8, 4) is 5.75 Å². The summed E-state index contributed by atoms with van der Waals surface area (Å²) >= 11 is 0. The molecule has 1 aliphatic rings. The van der Waals surface area contributed by atoms with E-state index in [2.05, 4.69) is 0 Å². The Morgan fingerprint density at radius 3 is 2.16 bits per heavy atom. The number of carbonyl (C=O) groups is 3. The van der Waals surface area contributed by atoms with Crippen LogP contribution < -0.4 is 4.74 Å². The van der Waals surface area contributed by atoms with E-state index in [1.807, 2.05) is 0 Å². The molecule has 3 rings (SSSR count). The molecule has 1 saturated heterocycles. The van der Waals surface area contributed by atoms with E-state index >= 15 is 0 Å². The van der Waals surface area contributed by atoms with E-state index < -0.39 is 10.9 Å². The smallest absolute Gasteiger partial charge is 0.335 e. The molecule has 2 aromatic carbocycles. The largest absolute Gasteiger partial charge is 0.493 e. The van der Waals surface area contributed by atoms with Gasteiger partial charge in [0.2, 0.25) is 5.91 Å². The second kappa shape index (κ2) is 9.90. The zero-order valence-corrected chi connectivity index (χ0v) is 17.5. The van der Waals surface area contributed by atoms with Crippen LogP contribution >= 0.6 is 0 Å². The van der Waals surface area contributed by atoms with E-state index in [4.69, 9.17) is 9.84 Å². The number of amides is 2. The molecule has 1 aliphatic heterocycles. The third-order valence-electron chi connectivity index (χ3n) is 5.25. The summed E-state index contributed by atoms with van der Waals surface area (Å²) in [6.45, 7) is 3.33. The van der Waals surface area contributed by atoms with Crippen molar-refractivity contribution in [3.05, 3.63) is 69.3 Å². The summed E-state index contributed by atoms with van der Waals surface area (Å²) in [5.74, 6) is -0.887. The lowest BCUT2D eigenvalue weighted by atomic mass is 10.1. The fourth-order valence-corrected chi connectivity index (χ4v) is 3.43. The Bertz CT molecular complexity index is 1030. The third-order valence-corrected chi connectivity index (χ3v) is 5.25. The van der Waals surface area contributed by atoms with Crippen molar-refractivity contribution >= 4 is 23.5 Å². The molecule has 1 N–H and O–H groups in total. The number of carbonyl (C=O) groups excluding carboxylic acids is 2. The van der Waals surface area contributed by atoms with E-state index in [-0.39, 0.29) is 36.1 Å². The van der Waals surface area contributed by atoms with Crippen LogP contribution in [0.2, 0.25) is 0 Å². The Kier molecular flexibility index (Phi) is 7.04. The molecule has 0 aliphatic carbocycles. The Labute approximate surface area is 184 Å². The highest BCUT2D eigenvalue weighted by Crippen LogP contribution is 2.23. The summed E-state index contributed by atoms with van der Waals surface area (Å²) in [5, 5.41) is 19.8. The molecule has 0 aromatic heterocycles. The first kappa shape index (κ1) is 22.7. The number of carboxylic acids is 1. The van der Waals surface area contributed by atoms with Gasteiger partial charge in [0, 0.05) is 43.4 Å². The number of nitro benzene ring substituents is 1. The summed E-state index contributed by atoms with van der Waals surface area (Å²) in [7, 11) is 0. The zero-order chi connectivity index (χ0) is 23.3. The molecule has 1 heterocycles. The maximum Gasteiger partial charge on any atom is 0.335 e. The minimum Gasteiger partial charge on any atom is -0.493 e. The molecule has 2 aromatic rings. The second-order valence-electron chi connectivity index (χ2n) is 7.36. The molecule has 0 atom stereocenters. The normalized spacial score (nSPS) is 13.5. The van der Waals surface area contributed by atoms with E-state index in [1.54, 1.807) is 22.8 Å². The number of hydrogen-bond acceptors (Lipinski definition) is 6. The van der Waals surface area contributed by atoms with Gasteiger partial charge in [-0.25, -0.2) is 4.79 Å². The van der Waals surface area contributed by atoms with E-state index in [9.17, 15) is 24.5 Å². The highest BCUT2D eigenvalue weighted by Gasteiger charge is 2.25. The minimum atomic E-state index is -1.05. The summed E-state index contributed by atoms with van der Waals surface area (Å²) < 4.78 is 5.55. The number of nitrogens with zero attached hydrogens (tertiary/aromatic N) is 3. The second-order valence-corrected chi connectivity index (χ2v) is 7.36. The van der Waals surface area contributed by atoms with Crippen LogP contribution in [0.15, 0.2) is 42.5 Å². The van der Waals surface area contributed by atoms with Gasteiger partial charge in [-0.15, -0.1) is 0 Å². The number of aromatic carboxylic acids is 1. The number of aryl methyl sites for hydroxylation is 1. The Morgan fingerprint density at radius 2 is 1.59 bits per heavy atom. The number of benzene rings is 2. The van der Waals surface area contributed by atoms with Crippen LogP contribution in [0.1, 0.15) is 32.7 Å². The van der Waals surface area contributed by atoms with Gasteiger partial charge >= 0.3 is 5.97 Å². The van der Waals surface area contributed by atoms with Crippen molar-refractivity contribution in [2.24, 2.45) is 0 Å². The van der Waals surface area contributed by atoms with E-state index in [0.717, 1.165) is 0 Å². The maximum absolute atomic E-state index is 12.6. The molecule has 10 heteroatoms. The summed E-state index contributed by atoms with van der Waals surface area (Å²) in [4.78, 5) is 49.7. The number of hydrogen-bond donors (Lipinski definition) is 1. The van der Waals surface area contributed by atoms with Gasteiger partial charge in [0.25, 0.3) is 11.6 Å². The van der Waals surface area contributed by atoms with Gasteiger partial charge in [-0.3, -0.25) is 19.7 Å². The minimum absolute atomic E-state index is 0.0127. The lowest BCUT2D eigenvalue weighted by Crippen LogP contribution is -2.50. The van der Waals surface area contributed by atoms with Crippen molar-refractivity contribution in [2.75, 3.05) is 32.8 Å². The van der Waals surface area contributed by atoms with Crippen molar-refractivity contribution in [3.63, 3.8) is 0 Å². The average Bonchev–Trinajstić information content (AvgIpc) is 2.78. The molecular formula is C22H23N3O7. The van der Waals surface area contributed by atoms with Gasteiger partial charge in [-0.05, 0) is 43.3 Å². The summed E-state index contributed by atoms with van der Waals surface area (Å²) in [6.07, 6.45) is 0.153. The topological polar surface area (TPSA) is 130 Å². The van der Waals surface area contributed by atoms with Crippen LogP contribution in [0.4, 0.5) is 5.69 Å². The van der Waals surface area contributed by atoms with Gasteiger partial charge in [0.1, 0.15) is 5.75 Å². The SMILES string of the molecule is Cc1cc(OCCC(=O)N2CCN(C(=O)c3ccc(C(=O)O)cc3)CC2)ccc1[N+](=O)[O-]. The molecule has 10 nitrogen and oxygen atoms in total. The van der Waals surface area contributed by atoms with Gasteiger partial charge < -0.3 is 19.6 Å². The molecule has 0 bridgehead atoms. The van der Waals surface area contributed by atoms with Crippen molar-refractivity contribution in [1.29, 1.82) is 0 Å². The Morgan fingerprint density at radius 1 is 1.00 bits per heavy atom. The number of rotatable bonds is 7. The summed E-state index contributed by atoms with van der Waals surface area (Å²) in [5.41, 5.74) is 1.01. The van der Waals surface area contributed by atoms with Crippen LogP contribution in [0.25, 0.3) is 0 Å². The third kappa shape index (κ3) is 5.39. The first-order chi connectivity index (χ1) is 15.3. The molecule has 0 saturated carbocycles. The maximum atomic E-state index is 12.6. The number of ether oxygens (including phenoxy) is 1. The van der Waals surface area contributed by atoms with Crippen molar-refractivity contribution in [1.82, 2.24) is 9.80 Å². The van der Waals surface area contributed by atoms with Crippen LogP contribution in [0, 0.1) is 17.0 Å². The quantitative estimate of drug-likeness (QED) is 0.515. The fraction of sp³-hybridized carbons (Fsp3) is 0.318. The molecule has 2 amide bonds. The molecule has 0 radical (unpaired) electrons. The highest BCUT2D eigenvalue weighted by atomic mass is 16.6. The monoisotopic (exact) mass is 441 g/mol. The number of carboxylic acid groups (broad SMARTS) is 1. The van der Waals surface area contributed by atoms with Crippen LogP contribution in [-0.4, -0.2) is 70.4 Å². The molecular weight excluding hydrogens is 418 g/mol. The first-order valence-corrected chi connectivity index (χ1v) is 10.0. The summed E-state index contributed by atoms with van der Waals surface area (Å²) in [6, 6.07) is 10.2. The van der Waals surface area contributed by atoms with Crippen LogP contribution in [-0.2, 0) is 4.79 Å². The molecule has 0 spiro atoms. The lowest BCUT2D eigenvalue weighted by molar-refractivity contribution is -0.385. The molecule has 1 fully saturated rings. The predicted molar refractivity (Wildman–Crippen MR) is 114 cm³/mol. The van der Waals surface area contributed by atoms with Crippen molar-refractivity contribution in [2.45, 2.75) is 13.3 Å². The molecule has 0 unspecified atom stereocenters. The van der Waals surface area contributed by atoms with E-state index in [0.29, 0.717) is 43.1 Å². The lowest BCUT2D eigenvalue weighted by Gasteiger charge is -2.35. The van der Waals surface area contributed by atoms with Gasteiger partial charge in [-0.1, -0.05) is 0 Å². The van der Waals surface area contributed by atoms with Crippen LogP contribution in [0.3, 0.4) is 0 Å². The average molecular weight is 441 g/mol. The number of nitro groups is 1. The Balaban J connectivity index is 1.45. The highest BCUT2D eigenvalue weighted by molar-refractivity contribution is 5.96. The van der Waals surface area contributed by atoms with Gasteiger partial charge in [0.15, 0.2) is 0 Å². The van der Waals surface area contributed by atoms with E-state index in [1.165, 1.54) is 36.4 Å². The zero-order valence-electron chi connectivity index (χ0n) is 17.5. The fourth-order valence-electron chi connectivity index (χ4n) is 3.43. The first-order valence-electron chi connectivity index (χ1n) is 10.0.